The van der Waals surface area contributed by atoms with E-state index in [1.807, 2.05) is 30.3 Å². The summed E-state index contributed by atoms with van der Waals surface area (Å²) in [5.41, 5.74) is 4.34. The van der Waals surface area contributed by atoms with Crippen LogP contribution in [0.3, 0.4) is 0 Å². The first-order valence-electron chi connectivity index (χ1n) is 17.5. The Morgan fingerprint density at radius 2 is 1.04 bits per heavy atom. The van der Waals surface area contributed by atoms with Crippen LogP contribution in [0.15, 0.2) is 89.9 Å². The van der Waals surface area contributed by atoms with Crippen LogP contribution in [0.25, 0.3) is 0 Å². The number of aliphatic hydroxyl groups is 1. The minimum atomic E-state index is -1.66. The molecular formula is C44H56N2O4. The first kappa shape index (κ1) is 38.5. The maximum atomic E-state index is 13.8. The van der Waals surface area contributed by atoms with Gasteiger partial charge in [-0.2, -0.15) is 0 Å². The van der Waals surface area contributed by atoms with Crippen LogP contribution in [0.2, 0.25) is 0 Å². The maximum absolute atomic E-state index is 13.8. The molecule has 0 unspecified atom stereocenters. The van der Waals surface area contributed by atoms with Crippen LogP contribution in [0.1, 0.15) is 128 Å². The Kier molecular flexibility index (Phi) is 10.6. The number of aliphatic imine (C=N–C) groups is 1. The molecule has 1 atom stereocenters. The fraction of sp³-hybridized carbons (Fsp3) is 0.432. The monoisotopic (exact) mass is 676 g/mol. The zero-order chi connectivity index (χ0) is 37.4. The molecule has 0 spiro atoms. The molecule has 0 aliphatic heterocycles. The summed E-state index contributed by atoms with van der Waals surface area (Å²) in [5.74, 6) is -0.129. The molecule has 266 valence electrons. The van der Waals surface area contributed by atoms with Crippen LogP contribution in [-0.4, -0.2) is 27.4 Å². The van der Waals surface area contributed by atoms with Gasteiger partial charge >= 0.3 is 0 Å². The fourth-order valence-corrected chi connectivity index (χ4v) is 6.05. The van der Waals surface area contributed by atoms with Crippen molar-refractivity contribution in [2.24, 2.45) is 4.99 Å². The third-order valence-electron chi connectivity index (χ3n) is 9.58. The Labute approximate surface area is 299 Å². The van der Waals surface area contributed by atoms with Gasteiger partial charge in [0.15, 0.2) is 0 Å². The minimum absolute atomic E-state index is 0.129. The molecule has 6 heteroatoms. The molecule has 0 aliphatic carbocycles. The topological polar surface area (TPSA) is 96.0 Å². The highest BCUT2D eigenvalue weighted by Gasteiger charge is 2.43. The van der Waals surface area contributed by atoms with Crippen LogP contribution in [-0.2, 0) is 33.7 Å². The Hall–Kier alpha value is -4.29. The predicted octanol–water partition coefficient (Wildman–Crippen LogP) is 10.5. The largest absolute Gasteiger partial charge is 0.507 e. The summed E-state index contributed by atoms with van der Waals surface area (Å²) in [6.07, 6.45) is 1.83. The molecule has 4 aromatic carbocycles. The lowest BCUT2D eigenvalue weighted by Crippen LogP contribution is -2.42. The number of aromatic hydroxyl groups is 1. The van der Waals surface area contributed by atoms with Crippen LogP contribution in [0, 0.1) is 10.1 Å². The second kappa shape index (κ2) is 13.8. The second-order valence-electron chi connectivity index (χ2n) is 17.8. The summed E-state index contributed by atoms with van der Waals surface area (Å²) in [7, 11) is 0. The van der Waals surface area contributed by atoms with Gasteiger partial charge in [-0.15, -0.1) is 0 Å². The summed E-state index contributed by atoms with van der Waals surface area (Å²) in [6, 6.07) is 26.0. The van der Waals surface area contributed by atoms with E-state index in [2.05, 4.69) is 119 Å². The number of hydrogen-bond donors (Lipinski definition) is 2. The molecule has 4 aromatic rings. The minimum Gasteiger partial charge on any atom is -0.507 e. The molecule has 0 saturated heterocycles. The van der Waals surface area contributed by atoms with E-state index in [1.165, 1.54) is 24.4 Å². The van der Waals surface area contributed by atoms with E-state index in [4.69, 9.17) is 4.99 Å². The lowest BCUT2D eigenvalue weighted by Gasteiger charge is -2.39. The number of non-ortho nitro benzene ring substituents is 1. The number of phenolic OH excluding ortho intramolecular Hbond substituents is 1. The van der Waals surface area contributed by atoms with Gasteiger partial charge in [-0.1, -0.05) is 150 Å². The normalized spacial score (nSPS) is 13.9. The first-order valence-corrected chi connectivity index (χ1v) is 17.5. The highest BCUT2D eigenvalue weighted by atomic mass is 16.6. The van der Waals surface area contributed by atoms with Gasteiger partial charge in [-0.25, -0.2) is 0 Å². The number of hydrogen-bond acceptors (Lipinski definition) is 5. The molecule has 0 saturated carbocycles. The number of nitro benzene ring substituents is 1. The van der Waals surface area contributed by atoms with E-state index in [0.717, 1.165) is 38.9 Å². The van der Waals surface area contributed by atoms with Crippen LogP contribution < -0.4 is 0 Å². The quantitative estimate of drug-likeness (QED) is 0.110. The molecule has 4 rings (SSSR count). The van der Waals surface area contributed by atoms with Crippen LogP contribution in [0.5, 0.6) is 5.75 Å². The molecular weight excluding hydrogens is 620 g/mol. The number of phenols is 1. The number of benzene rings is 4. The molecule has 0 aliphatic rings. The van der Waals surface area contributed by atoms with Gasteiger partial charge in [0.1, 0.15) is 11.4 Å². The van der Waals surface area contributed by atoms with E-state index in [0.29, 0.717) is 6.42 Å². The average Bonchev–Trinajstić information content (AvgIpc) is 3.01. The smallest absolute Gasteiger partial charge is 0.270 e. The van der Waals surface area contributed by atoms with E-state index < -0.39 is 16.6 Å². The highest BCUT2D eigenvalue weighted by molar-refractivity contribution is 5.84. The van der Waals surface area contributed by atoms with Crippen molar-refractivity contribution in [3.05, 3.63) is 140 Å². The van der Waals surface area contributed by atoms with Gasteiger partial charge in [0, 0.05) is 23.9 Å². The number of nitro groups is 1. The van der Waals surface area contributed by atoms with E-state index in [1.54, 1.807) is 0 Å². The van der Waals surface area contributed by atoms with Gasteiger partial charge in [0.25, 0.3) is 5.69 Å². The lowest BCUT2D eigenvalue weighted by atomic mass is 9.70. The van der Waals surface area contributed by atoms with E-state index in [9.17, 15) is 20.3 Å². The summed E-state index contributed by atoms with van der Waals surface area (Å²) in [5, 5.41) is 36.3. The molecule has 0 aromatic heterocycles. The molecule has 0 amide bonds. The molecule has 0 bridgehead atoms. The molecule has 0 fully saturated rings. The highest BCUT2D eigenvalue weighted by Crippen LogP contribution is 2.43. The Morgan fingerprint density at radius 3 is 1.42 bits per heavy atom. The van der Waals surface area contributed by atoms with Gasteiger partial charge in [-0.05, 0) is 73.1 Å². The van der Waals surface area contributed by atoms with Crippen LogP contribution >= 0.6 is 0 Å². The standard InChI is InChI=1S/C44H56N2O4/c1-40(2,3)31-22-32(41(4,5)6)25-35(24-31)44(48,36-26-33(42(7,8)9)23-34(27-36)43(10,11)12)39(20-29-16-14-13-15-17-29)45-28-30-21-37(46(49)50)18-19-38(30)47/h13-19,21-28,39,47-48H,20H2,1-12H3/t39-/m0/s1. The maximum Gasteiger partial charge on any atom is 0.270 e. The fourth-order valence-electron chi connectivity index (χ4n) is 6.05. The van der Waals surface area contributed by atoms with Gasteiger partial charge in [0.2, 0.25) is 0 Å². The summed E-state index contributed by atoms with van der Waals surface area (Å²) < 4.78 is 0. The number of rotatable bonds is 8. The van der Waals surface area contributed by atoms with Gasteiger partial charge in [0.05, 0.1) is 11.0 Å². The molecule has 2 N–H and O–H groups in total. The van der Waals surface area contributed by atoms with Gasteiger partial charge in [-0.3, -0.25) is 15.1 Å². The van der Waals surface area contributed by atoms with Crippen molar-refractivity contribution in [3.63, 3.8) is 0 Å². The summed E-state index contributed by atoms with van der Waals surface area (Å²) in [4.78, 5) is 16.3. The Morgan fingerprint density at radius 1 is 0.640 bits per heavy atom. The predicted molar refractivity (Wildman–Crippen MR) is 207 cm³/mol. The zero-order valence-corrected chi connectivity index (χ0v) is 32.1. The summed E-state index contributed by atoms with van der Waals surface area (Å²) >= 11 is 0. The van der Waals surface area contributed by atoms with Crippen molar-refractivity contribution in [2.75, 3.05) is 0 Å². The number of nitrogens with zero attached hydrogens (tertiary/aromatic N) is 2. The SMILES string of the molecule is CC(C)(C)c1cc(C(C)(C)C)cc(C(O)(c2cc(C(C)(C)C)cc(C(C)(C)C)c2)[C@H](Cc2ccccc2)N=Cc2cc([N+](=O)[O-])ccc2O)c1. The van der Waals surface area contributed by atoms with Crippen molar-refractivity contribution < 1.29 is 15.1 Å². The third-order valence-corrected chi connectivity index (χ3v) is 9.58. The third kappa shape index (κ3) is 8.70. The van der Waals surface area contributed by atoms with E-state index in [-0.39, 0.29) is 38.7 Å². The lowest BCUT2D eigenvalue weighted by molar-refractivity contribution is -0.384. The zero-order valence-electron chi connectivity index (χ0n) is 32.1. The second-order valence-corrected chi connectivity index (χ2v) is 17.8. The van der Waals surface area contributed by atoms with E-state index >= 15 is 0 Å². The molecule has 0 radical (unpaired) electrons. The van der Waals surface area contributed by atoms with Crippen molar-refractivity contribution in [1.29, 1.82) is 0 Å². The Bertz CT molecular complexity index is 1720. The van der Waals surface area contributed by atoms with Crippen molar-refractivity contribution in [1.82, 2.24) is 0 Å². The summed E-state index contributed by atoms with van der Waals surface area (Å²) in [6.45, 7) is 26.2. The van der Waals surface area contributed by atoms with Crippen molar-refractivity contribution in [3.8, 4) is 5.75 Å². The van der Waals surface area contributed by atoms with Gasteiger partial charge < -0.3 is 10.2 Å². The van der Waals surface area contributed by atoms with Crippen molar-refractivity contribution in [2.45, 2.75) is 123 Å². The molecule has 50 heavy (non-hydrogen) atoms. The molecule has 6 nitrogen and oxygen atoms in total. The molecule has 0 heterocycles. The Balaban J connectivity index is 2.18. The first-order chi connectivity index (χ1) is 22.9. The van der Waals surface area contributed by atoms with Crippen molar-refractivity contribution >= 4 is 11.9 Å². The average molecular weight is 677 g/mol. The van der Waals surface area contributed by atoms with Crippen LogP contribution in [0.4, 0.5) is 5.69 Å².